The smallest absolute Gasteiger partial charge is 0.253 e. The fourth-order valence-electron chi connectivity index (χ4n) is 8.53. The molecule has 0 aliphatic carbocycles. The van der Waals surface area contributed by atoms with Crippen LogP contribution in [0.4, 0.5) is 11.4 Å². The van der Waals surface area contributed by atoms with E-state index < -0.39 is 35.1 Å². The maximum absolute atomic E-state index is 15.2. The van der Waals surface area contributed by atoms with Crippen molar-refractivity contribution in [2.24, 2.45) is 23.7 Å². The first-order valence-electron chi connectivity index (χ1n) is 16.5. The number of carbonyl (C=O) groups excluding carboxylic acids is 3. The average molecular weight is 628 g/mol. The van der Waals surface area contributed by atoms with Gasteiger partial charge in [-0.3, -0.25) is 14.4 Å². The highest BCUT2D eigenvalue weighted by Crippen LogP contribution is 2.66. The molecular formula is C38H49N3O5. The van der Waals surface area contributed by atoms with E-state index in [2.05, 4.69) is 13.2 Å². The number of aliphatic hydroxyl groups excluding tert-OH is 1. The molecule has 3 aliphatic heterocycles. The van der Waals surface area contributed by atoms with Crippen molar-refractivity contribution >= 4 is 29.1 Å². The van der Waals surface area contributed by atoms with Gasteiger partial charge in [0.25, 0.3) is 5.91 Å². The first-order chi connectivity index (χ1) is 21.9. The number of amides is 3. The summed E-state index contributed by atoms with van der Waals surface area (Å²) in [7, 11) is 0. The van der Waals surface area contributed by atoms with Gasteiger partial charge < -0.3 is 24.5 Å². The van der Waals surface area contributed by atoms with Crippen LogP contribution in [0, 0.1) is 37.5 Å². The number of aryl methyl sites for hydroxylation is 2. The third kappa shape index (κ3) is 5.01. The van der Waals surface area contributed by atoms with E-state index in [0.29, 0.717) is 18.5 Å². The van der Waals surface area contributed by atoms with E-state index in [-0.39, 0.29) is 49.3 Å². The van der Waals surface area contributed by atoms with Crippen LogP contribution in [0.1, 0.15) is 51.7 Å². The lowest BCUT2D eigenvalue weighted by atomic mass is 9.62. The molecule has 46 heavy (non-hydrogen) atoms. The Labute approximate surface area is 273 Å². The van der Waals surface area contributed by atoms with Crippen molar-refractivity contribution in [3.8, 4) is 0 Å². The van der Waals surface area contributed by atoms with Crippen molar-refractivity contribution in [1.29, 1.82) is 0 Å². The first kappa shape index (κ1) is 33.6. The first-order valence-corrected chi connectivity index (χ1v) is 16.5. The van der Waals surface area contributed by atoms with E-state index in [4.69, 9.17) is 4.74 Å². The molecule has 1 N–H and O–H groups in total. The summed E-state index contributed by atoms with van der Waals surface area (Å²) >= 11 is 0. The van der Waals surface area contributed by atoms with Crippen LogP contribution in [-0.4, -0.2) is 70.7 Å². The number of ether oxygens (including phenoxy) is 1. The molecule has 2 bridgehead atoms. The van der Waals surface area contributed by atoms with Crippen LogP contribution in [0.3, 0.4) is 0 Å². The summed E-state index contributed by atoms with van der Waals surface area (Å²) in [6, 6.07) is 13.6. The zero-order valence-corrected chi connectivity index (χ0v) is 28.1. The summed E-state index contributed by atoms with van der Waals surface area (Å²) in [5.41, 5.74) is 1.08. The Morgan fingerprint density at radius 1 is 1.04 bits per heavy atom. The number of hydrogen-bond acceptors (Lipinski definition) is 5. The third-order valence-corrected chi connectivity index (χ3v) is 11.0. The van der Waals surface area contributed by atoms with Gasteiger partial charge in [-0.25, -0.2) is 0 Å². The van der Waals surface area contributed by atoms with Gasteiger partial charge in [-0.1, -0.05) is 75.7 Å². The minimum atomic E-state index is -1.25. The van der Waals surface area contributed by atoms with E-state index in [1.807, 2.05) is 90.1 Å². The minimum absolute atomic E-state index is 0.103. The van der Waals surface area contributed by atoms with E-state index >= 15 is 4.79 Å². The topological polar surface area (TPSA) is 90.4 Å². The maximum Gasteiger partial charge on any atom is 0.253 e. The Hall–Kier alpha value is -3.75. The maximum atomic E-state index is 15.2. The third-order valence-electron chi connectivity index (χ3n) is 11.0. The quantitative estimate of drug-likeness (QED) is 0.316. The molecule has 8 atom stereocenters. The molecule has 3 amide bonds. The van der Waals surface area contributed by atoms with Crippen LogP contribution in [0.5, 0.6) is 0 Å². The second-order valence-corrected chi connectivity index (χ2v) is 13.6. The fraction of sp³-hybridized carbons (Fsp3) is 0.500. The summed E-state index contributed by atoms with van der Waals surface area (Å²) < 4.78 is 7.06. The molecule has 2 aromatic carbocycles. The van der Waals surface area contributed by atoms with Crippen molar-refractivity contribution in [2.75, 3.05) is 29.5 Å². The van der Waals surface area contributed by atoms with Crippen molar-refractivity contribution in [2.45, 2.75) is 77.7 Å². The number of carbonyl (C=O) groups is 3. The fourth-order valence-corrected chi connectivity index (χ4v) is 8.53. The predicted molar refractivity (Wildman–Crippen MR) is 181 cm³/mol. The van der Waals surface area contributed by atoms with Crippen molar-refractivity contribution in [3.63, 3.8) is 0 Å². The molecule has 246 valence electrons. The minimum Gasteiger partial charge on any atom is -0.394 e. The standard InChI is InChI=1S/C38H49N3O5/c1-9-20-39(28-18-13-12-14-19-28)34(43)30-31-35(44)41(29(23-42)24(4)11-3)33(38(31)22-27(7)37(30,8)46-38)36(45)40(21-10-2)32-25(5)16-15-17-26(32)6/h9-10,12-19,24,27,29-31,33,42H,1-2,11,20-23H2,3-8H3/t24-,27?,29-,30+,31-,33?,37-,38?/m0/s1. The van der Waals surface area contributed by atoms with Gasteiger partial charge in [-0.15, -0.1) is 13.2 Å². The van der Waals surface area contributed by atoms with Crippen molar-refractivity contribution < 1.29 is 24.2 Å². The van der Waals surface area contributed by atoms with E-state index in [1.165, 1.54) is 0 Å². The summed E-state index contributed by atoms with van der Waals surface area (Å²) in [6.07, 6.45) is 4.50. The van der Waals surface area contributed by atoms with Gasteiger partial charge in [-0.05, 0) is 62.3 Å². The molecule has 8 nitrogen and oxygen atoms in total. The van der Waals surface area contributed by atoms with Crippen LogP contribution in [0.2, 0.25) is 0 Å². The zero-order valence-electron chi connectivity index (χ0n) is 28.1. The molecule has 8 heteroatoms. The van der Waals surface area contributed by atoms with Gasteiger partial charge in [0.15, 0.2) is 0 Å². The monoisotopic (exact) mass is 627 g/mol. The van der Waals surface area contributed by atoms with Crippen LogP contribution in [-0.2, 0) is 19.1 Å². The SMILES string of the molecule is C=CCN(C(=O)[C@H]1[C@H]2C(=O)N([C@@H](CO)[C@@H](C)CC)C(C(=O)N(CC=C)c3c(C)cccc3C)C23CC(C)[C@]1(C)O3)c1ccccc1. The van der Waals surface area contributed by atoms with E-state index in [1.54, 1.807) is 26.9 Å². The molecule has 0 aromatic heterocycles. The van der Waals surface area contributed by atoms with Gasteiger partial charge >= 0.3 is 0 Å². The van der Waals surface area contributed by atoms with Gasteiger partial charge in [0.05, 0.1) is 30.1 Å². The highest BCUT2D eigenvalue weighted by atomic mass is 16.5. The van der Waals surface area contributed by atoms with Crippen LogP contribution < -0.4 is 9.80 Å². The van der Waals surface area contributed by atoms with Gasteiger partial charge in [0.2, 0.25) is 11.8 Å². The van der Waals surface area contributed by atoms with Crippen LogP contribution in [0.25, 0.3) is 0 Å². The summed E-state index contributed by atoms with van der Waals surface area (Å²) in [5, 5.41) is 10.8. The predicted octanol–water partition coefficient (Wildman–Crippen LogP) is 5.46. The zero-order chi connectivity index (χ0) is 33.6. The number of likely N-dealkylation sites (tertiary alicyclic amines) is 1. The number of rotatable bonds is 12. The lowest BCUT2D eigenvalue weighted by Crippen LogP contribution is -2.60. The number of benzene rings is 2. The number of fused-ring (bicyclic) bond motifs is 1. The molecule has 1 spiro atoms. The van der Waals surface area contributed by atoms with Gasteiger partial charge in [-0.2, -0.15) is 0 Å². The Kier molecular flexibility index (Phi) is 9.35. The summed E-state index contributed by atoms with van der Waals surface area (Å²) in [6.45, 7) is 19.9. The molecule has 2 aromatic rings. The van der Waals surface area contributed by atoms with Crippen molar-refractivity contribution in [1.82, 2.24) is 4.90 Å². The van der Waals surface area contributed by atoms with E-state index in [9.17, 15) is 14.7 Å². The Bertz CT molecular complexity index is 1490. The molecule has 3 aliphatic rings. The Morgan fingerprint density at radius 2 is 1.65 bits per heavy atom. The summed E-state index contributed by atoms with van der Waals surface area (Å²) in [4.78, 5) is 50.0. The largest absolute Gasteiger partial charge is 0.394 e. The lowest BCUT2D eigenvalue weighted by Gasteiger charge is -2.41. The number of hydrogen-bond donors (Lipinski definition) is 1. The lowest BCUT2D eigenvalue weighted by molar-refractivity contribution is -0.150. The molecular weight excluding hydrogens is 578 g/mol. The number of nitrogens with zero attached hydrogens (tertiary/aromatic N) is 3. The Morgan fingerprint density at radius 3 is 2.22 bits per heavy atom. The second-order valence-electron chi connectivity index (χ2n) is 13.6. The number of aliphatic hydroxyl groups is 1. The van der Waals surface area contributed by atoms with Gasteiger partial charge in [0.1, 0.15) is 11.6 Å². The molecule has 0 saturated carbocycles. The highest BCUT2D eigenvalue weighted by molar-refractivity contribution is 6.07. The average Bonchev–Trinajstić information content (AvgIpc) is 3.55. The van der Waals surface area contributed by atoms with Crippen LogP contribution in [0.15, 0.2) is 73.8 Å². The second kappa shape index (κ2) is 12.8. The molecule has 3 unspecified atom stereocenters. The number of para-hydroxylation sites is 2. The molecule has 3 heterocycles. The summed E-state index contributed by atoms with van der Waals surface area (Å²) in [5.74, 6) is -2.78. The highest BCUT2D eigenvalue weighted by Gasteiger charge is 2.80. The molecule has 0 radical (unpaired) electrons. The van der Waals surface area contributed by atoms with Crippen molar-refractivity contribution in [3.05, 3.63) is 85.0 Å². The Balaban J connectivity index is 1.70. The number of anilines is 2. The van der Waals surface area contributed by atoms with Crippen LogP contribution >= 0.6 is 0 Å². The molecule has 3 saturated heterocycles. The van der Waals surface area contributed by atoms with E-state index in [0.717, 1.165) is 16.8 Å². The molecule has 3 fully saturated rings. The van der Waals surface area contributed by atoms with Gasteiger partial charge in [0, 0.05) is 24.5 Å². The normalized spacial score (nSPS) is 29.3. The molecule has 5 rings (SSSR count).